The van der Waals surface area contributed by atoms with Gasteiger partial charge in [0.25, 0.3) is 5.91 Å². The van der Waals surface area contributed by atoms with E-state index < -0.39 is 0 Å². The van der Waals surface area contributed by atoms with Gasteiger partial charge in [0.2, 0.25) is 5.91 Å². The maximum absolute atomic E-state index is 12.9. The monoisotopic (exact) mass is 356 g/mol. The quantitative estimate of drug-likeness (QED) is 0.847. The van der Waals surface area contributed by atoms with E-state index in [1.165, 1.54) is 17.7 Å². The van der Waals surface area contributed by atoms with E-state index in [0.717, 1.165) is 0 Å². The number of hydrogen-bond donors (Lipinski definition) is 1. The van der Waals surface area contributed by atoms with Crippen LogP contribution in [0.2, 0.25) is 0 Å². The summed E-state index contributed by atoms with van der Waals surface area (Å²) in [5.41, 5.74) is 1.84. The van der Waals surface area contributed by atoms with Gasteiger partial charge in [0.15, 0.2) is 0 Å². The standard InChI is InChI=1S/C21H28N2O3/c1-14(2)13-17-18(21(17,3)4)20(26)23-11-9-22(10-12-23)19(25)15-5-7-16(24)8-6-15/h5-8,13,17-18,24H,9-12H2,1-4H3. The minimum absolute atomic E-state index is 0.0212. The minimum Gasteiger partial charge on any atom is -0.508 e. The fourth-order valence-electron chi connectivity index (χ4n) is 3.93. The highest BCUT2D eigenvalue weighted by atomic mass is 16.3. The lowest BCUT2D eigenvalue weighted by molar-refractivity contribution is -0.135. The molecule has 0 spiro atoms. The van der Waals surface area contributed by atoms with Crippen molar-refractivity contribution in [2.45, 2.75) is 27.7 Å². The van der Waals surface area contributed by atoms with Gasteiger partial charge in [-0.3, -0.25) is 9.59 Å². The molecule has 140 valence electrons. The molecule has 1 heterocycles. The zero-order valence-electron chi connectivity index (χ0n) is 16.0. The second-order valence-corrected chi connectivity index (χ2v) is 8.23. The van der Waals surface area contributed by atoms with Crippen molar-refractivity contribution in [2.75, 3.05) is 26.2 Å². The number of carbonyl (C=O) groups excluding carboxylic acids is 2. The molecule has 5 heteroatoms. The predicted molar refractivity (Wildman–Crippen MR) is 101 cm³/mol. The largest absolute Gasteiger partial charge is 0.508 e. The van der Waals surface area contributed by atoms with E-state index in [1.54, 1.807) is 17.0 Å². The van der Waals surface area contributed by atoms with Crippen LogP contribution >= 0.6 is 0 Å². The summed E-state index contributed by atoms with van der Waals surface area (Å²) in [6, 6.07) is 6.30. The van der Waals surface area contributed by atoms with Crippen LogP contribution in [0.25, 0.3) is 0 Å². The zero-order valence-corrected chi connectivity index (χ0v) is 16.0. The molecule has 2 aliphatic rings. The topological polar surface area (TPSA) is 60.9 Å². The van der Waals surface area contributed by atoms with E-state index in [-0.39, 0.29) is 28.9 Å². The number of phenols is 1. The van der Waals surface area contributed by atoms with Crippen molar-refractivity contribution in [2.24, 2.45) is 17.3 Å². The van der Waals surface area contributed by atoms with Crippen molar-refractivity contribution in [3.05, 3.63) is 41.5 Å². The van der Waals surface area contributed by atoms with Gasteiger partial charge in [-0.05, 0) is 49.4 Å². The second kappa shape index (κ2) is 6.78. The average molecular weight is 356 g/mol. The van der Waals surface area contributed by atoms with Gasteiger partial charge in [-0.1, -0.05) is 25.5 Å². The molecule has 1 N–H and O–H groups in total. The third-order valence-electron chi connectivity index (χ3n) is 5.68. The average Bonchev–Trinajstić information content (AvgIpc) is 3.13. The highest BCUT2D eigenvalue weighted by molar-refractivity contribution is 5.94. The number of hydrogen-bond acceptors (Lipinski definition) is 3. The van der Waals surface area contributed by atoms with E-state index in [0.29, 0.717) is 37.7 Å². The van der Waals surface area contributed by atoms with Crippen LogP contribution in [-0.4, -0.2) is 52.9 Å². The predicted octanol–water partition coefficient (Wildman–Crippen LogP) is 2.92. The summed E-state index contributed by atoms with van der Waals surface area (Å²) >= 11 is 0. The molecule has 0 radical (unpaired) electrons. The molecule has 1 aliphatic heterocycles. The van der Waals surface area contributed by atoms with E-state index in [1.807, 2.05) is 4.90 Å². The molecule has 1 aliphatic carbocycles. The summed E-state index contributed by atoms with van der Waals surface area (Å²) in [4.78, 5) is 29.1. The fourth-order valence-corrected chi connectivity index (χ4v) is 3.93. The first-order chi connectivity index (χ1) is 12.2. The van der Waals surface area contributed by atoms with Gasteiger partial charge in [0.1, 0.15) is 5.75 Å². The molecule has 5 nitrogen and oxygen atoms in total. The molecule has 2 amide bonds. The Morgan fingerprint density at radius 3 is 2.12 bits per heavy atom. The zero-order chi connectivity index (χ0) is 19.1. The highest BCUT2D eigenvalue weighted by Crippen LogP contribution is 2.60. The van der Waals surface area contributed by atoms with Gasteiger partial charge in [-0.2, -0.15) is 0 Å². The Morgan fingerprint density at radius 1 is 1.04 bits per heavy atom. The molecule has 1 saturated carbocycles. The van der Waals surface area contributed by atoms with Gasteiger partial charge in [0, 0.05) is 31.7 Å². The fraction of sp³-hybridized carbons (Fsp3) is 0.524. The maximum Gasteiger partial charge on any atom is 0.253 e. The summed E-state index contributed by atoms with van der Waals surface area (Å²) in [6.45, 7) is 10.7. The van der Waals surface area contributed by atoms with E-state index in [2.05, 4.69) is 33.8 Å². The van der Waals surface area contributed by atoms with Crippen LogP contribution in [0, 0.1) is 17.3 Å². The minimum atomic E-state index is -0.0498. The molecular weight excluding hydrogens is 328 g/mol. The van der Waals surface area contributed by atoms with Gasteiger partial charge in [0.05, 0.1) is 5.92 Å². The molecular formula is C21H28N2O3. The molecule has 1 aromatic carbocycles. The van der Waals surface area contributed by atoms with Crippen molar-refractivity contribution < 1.29 is 14.7 Å². The molecule has 2 unspecified atom stereocenters. The Bertz CT molecular complexity index is 724. The van der Waals surface area contributed by atoms with Gasteiger partial charge < -0.3 is 14.9 Å². The smallest absolute Gasteiger partial charge is 0.253 e. The van der Waals surface area contributed by atoms with E-state index in [4.69, 9.17) is 0 Å². The number of rotatable bonds is 3. The number of carbonyl (C=O) groups is 2. The van der Waals surface area contributed by atoms with Crippen LogP contribution in [0.4, 0.5) is 0 Å². The maximum atomic E-state index is 12.9. The second-order valence-electron chi connectivity index (χ2n) is 8.23. The van der Waals surface area contributed by atoms with Crippen molar-refractivity contribution >= 4 is 11.8 Å². The number of aromatic hydroxyl groups is 1. The van der Waals surface area contributed by atoms with Crippen LogP contribution in [0.5, 0.6) is 5.75 Å². The molecule has 0 aromatic heterocycles. The number of phenolic OH excluding ortho intramolecular Hbond substituents is 1. The Labute approximate surface area is 155 Å². The van der Waals surface area contributed by atoms with Gasteiger partial charge in [-0.15, -0.1) is 0 Å². The third-order valence-corrected chi connectivity index (χ3v) is 5.68. The van der Waals surface area contributed by atoms with E-state index in [9.17, 15) is 14.7 Å². The molecule has 0 bridgehead atoms. The number of benzene rings is 1. The lowest BCUT2D eigenvalue weighted by Gasteiger charge is -2.35. The number of piperazine rings is 1. The first-order valence-corrected chi connectivity index (χ1v) is 9.24. The Hall–Kier alpha value is -2.30. The molecule has 3 rings (SSSR count). The molecule has 1 aromatic rings. The Balaban J connectivity index is 1.59. The Morgan fingerprint density at radius 2 is 1.58 bits per heavy atom. The first-order valence-electron chi connectivity index (χ1n) is 9.24. The normalized spacial score (nSPS) is 24.2. The van der Waals surface area contributed by atoms with Crippen LogP contribution in [-0.2, 0) is 4.79 Å². The number of nitrogens with zero attached hydrogens (tertiary/aromatic N) is 2. The van der Waals surface area contributed by atoms with E-state index >= 15 is 0 Å². The summed E-state index contributed by atoms with van der Waals surface area (Å²) in [7, 11) is 0. The highest BCUT2D eigenvalue weighted by Gasteiger charge is 2.61. The number of amides is 2. The summed E-state index contributed by atoms with van der Waals surface area (Å²) in [5, 5.41) is 9.35. The van der Waals surface area contributed by atoms with Crippen LogP contribution in [0.1, 0.15) is 38.1 Å². The molecule has 26 heavy (non-hydrogen) atoms. The lowest BCUT2D eigenvalue weighted by atomic mass is 10.1. The third kappa shape index (κ3) is 3.48. The van der Waals surface area contributed by atoms with Crippen LogP contribution in [0.15, 0.2) is 35.9 Å². The first kappa shape index (κ1) is 18.5. The van der Waals surface area contributed by atoms with Crippen molar-refractivity contribution in [3.63, 3.8) is 0 Å². The summed E-state index contributed by atoms with van der Waals surface area (Å²) in [6.07, 6.45) is 2.22. The van der Waals surface area contributed by atoms with Gasteiger partial charge in [-0.25, -0.2) is 0 Å². The molecule has 2 atom stereocenters. The SMILES string of the molecule is CC(C)=CC1C(C(=O)N2CCN(C(=O)c3ccc(O)cc3)CC2)C1(C)C. The number of allylic oxidation sites excluding steroid dienone is 2. The van der Waals surface area contributed by atoms with Crippen LogP contribution < -0.4 is 0 Å². The summed E-state index contributed by atoms with van der Waals surface area (Å²) < 4.78 is 0. The van der Waals surface area contributed by atoms with Crippen molar-refractivity contribution in [1.82, 2.24) is 9.80 Å². The molecule has 2 fully saturated rings. The summed E-state index contributed by atoms with van der Waals surface area (Å²) in [5.74, 6) is 0.684. The molecule has 1 saturated heterocycles. The Kier molecular flexibility index (Phi) is 4.82. The van der Waals surface area contributed by atoms with Crippen LogP contribution in [0.3, 0.4) is 0 Å². The van der Waals surface area contributed by atoms with Gasteiger partial charge >= 0.3 is 0 Å². The lowest BCUT2D eigenvalue weighted by Crippen LogP contribution is -2.51. The van der Waals surface area contributed by atoms with Crippen molar-refractivity contribution in [3.8, 4) is 5.75 Å². The van der Waals surface area contributed by atoms with Crippen molar-refractivity contribution in [1.29, 1.82) is 0 Å².